The number of carboxylic acids is 1. The number of carbonyl (C=O) groups is 2. The average molecular weight is 375 g/mol. The van der Waals surface area contributed by atoms with Gasteiger partial charge in [0.2, 0.25) is 0 Å². The molecule has 0 aliphatic heterocycles. The molecule has 0 radical (unpaired) electrons. The molecule has 7 heteroatoms. The molecule has 0 heterocycles. The van der Waals surface area contributed by atoms with Gasteiger partial charge in [-0.1, -0.05) is 37.3 Å². The molecule has 0 aromatic heterocycles. The second kappa shape index (κ2) is 8.14. The van der Waals surface area contributed by atoms with Gasteiger partial charge in [-0.05, 0) is 36.8 Å². The van der Waals surface area contributed by atoms with Gasteiger partial charge in [0.15, 0.2) is 9.84 Å². The van der Waals surface area contributed by atoms with Gasteiger partial charge in [-0.3, -0.25) is 9.59 Å². The fourth-order valence-electron chi connectivity index (χ4n) is 2.50. The first-order valence-electron chi connectivity index (χ1n) is 8.17. The number of hydrogen-bond donors (Lipinski definition) is 2. The Bertz CT molecular complexity index is 876. The zero-order chi connectivity index (χ0) is 19.3. The fraction of sp³-hybridized carbons (Fsp3) is 0.263. The van der Waals surface area contributed by atoms with Crippen molar-refractivity contribution in [3.05, 3.63) is 65.7 Å². The monoisotopic (exact) mass is 375 g/mol. The first-order chi connectivity index (χ1) is 12.3. The predicted octanol–water partition coefficient (Wildman–Crippen LogP) is 2.67. The number of aliphatic carboxylic acids is 1. The Morgan fingerprint density at radius 2 is 1.62 bits per heavy atom. The minimum absolute atomic E-state index is 0.0231. The minimum Gasteiger partial charge on any atom is -0.481 e. The number of hydrogen-bond acceptors (Lipinski definition) is 4. The van der Waals surface area contributed by atoms with E-state index in [1.807, 2.05) is 0 Å². The van der Waals surface area contributed by atoms with Crippen LogP contribution in [0.4, 0.5) is 0 Å². The van der Waals surface area contributed by atoms with Gasteiger partial charge in [-0.15, -0.1) is 0 Å². The zero-order valence-corrected chi connectivity index (χ0v) is 15.4. The Hall–Kier alpha value is -2.67. The standard InChI is InChI=1S/C19H21NO5S/c1-3-26(24,25)16-11-9-15(10-12-16)18(21)20-17(13(2)19(22)23)14-7-5-4-6-8-14/h4-13,17H,3H2,1-2H3,(H,20,21)(H,22,23). The van der Waals surface area contributed by atoms with Crippen molar-refractivity contribution in [1.29, 1.82) is 0 Å². The van der Waals surface area contributed by atoms with Gasteiger partial charge >= 0.3 is 5.97 Å². The van der Waals surface area contributed by atoms with Crippen LogP contribution in [-0.4, -0.2) is 31.2 Å². The number of amides is 1. The van der Waals surface area contributed by atoms with Gasteiger partial charge in [0.05, 0.1) is 22.6 Å². The second-order valence-corrected chi connectivity index (χ2v) is 8.19. The van der Waals surface area contributed by atoms with Gasteiger partial charge < -0.3 is 10.4 Å². The zero-order valence-electron chi connectivity index (χ0n) is 14.5. The lowest BCUT2D eigenvalue weighted by Crippen LogP contribution is -2.35. The fourth-order valence-corrected chi connectivity index (χ4v) is 3.39. The Morgan fingerprint density at radius 3 is 2.12 bits per heavy atom. The molecule has 6 nitrogen and oxygen atoms in total. The van der Waals surface area contributed by atoms with Crippen LogP contribution in [0.5, 0.6) is 0 Å². The van der Waals surface area contributed by atoms with Gasteiger partial charge in [0.25, 0.3) is 5.91 Å². The van der Waals surface area contributed by atoms with Crippen LogP contribution in [0, 0.1) is 5.92 Å². The van der Waals surface area contributed by atoms with E-state index < -0.39 is 33.7 Å². The summed E-state index contributed by atoms with van der Waals surface area (Å²) in [5, 5.41) is 12.1. The molecule has 26 heavy (non-hydrogen) atoms. The molecule has 0 fully saturated rings. The number of benzene rings is 2. The Morgan fingerprint density at radius 1 is 1.04 bits per heavy atom. The molecule has 0 saturated carbocycles. The molecule has 2 rings (SSSR count). The Labute approximate surface area is 152 Å². The number of carboxylic acid groups (broad SMARTS) is 1. The summed E-state index contributed by atoms with van der Waals surface area (Å²) in [5.74, 6) is -2.35. The number of sulfone groups is 1. The maximum Gasteiger partial charge on any atom is 0.308 e. The number of carbonyl (C=O) groups excluding carboxylic acids is 1. The number of rotatable bonds is 7. The summed E-state index contributed by atoms with van der Waals surface area (Å²) in [5.41, 5.74) is 0.944. The van der Waals surface area contributed by atoms with Crippen LogP contribution in [0.3, 0.4) is 0 Å². The van der Waals surface area contributed by atoms with E-state index in [1.54, 1.807) is 37.3 Å². The average Bonchev–Trinajstić information content (AvgIpc) is 2.66. The largest absolute Gasteiger partial charge is 0.481 e. The minimum atomic E-state index is -3.34. The molecule has 1 amide bonds. The molecular formula is C19H21NO5S. The second-order valence-electron chi connectivity index (χ2n) is 5.92. The maximum atomic E-state index is 12.5. The smallest absolute Gasteiger partial charge is 0.308 e. The normalized spacial score (nSPS) is 13.6. The first-order valence-corrected chi connectivity index (χ1v) is 9.83. The van der Waals surface area contributed by atoms with Crippen LogP contribution >= 0.6 is 0 Å². The van der Waals surface area contributed by atoms with Crippen LogP contribution in [0.15, 0.2) is 59.5 Å². The van der Waals surface area contributed by atoms with Crippen LogP contribution in [0.1, 0.15) is 35.8 Å². The summed E-state index contributed by atoms with van der Waals surface area (Å²) >= 11 is 0. The van der Waals surface area contributed by atoms with E-state index >= 15 is 0 Å². The van der Waals surface area contributed by atoms with Crippen molar-refractivity contribution in [3.63, 3.8) is 0 Å². The molecule has 138 valence electrons. The van der Waals surface area contributed by atoms with Crippen LogP contribution in [0.25, 0.3) is 0 Å². The molecule has 2 atom stereocenters. The third-order valence-corrected chi connectivity index (χ3v) is 5.94. The Balaban J connectivity index is 2.26. The van der Waals surface area contributed by atoms with Crippen molar-refractivity contribution >= 4 is 21.7 Å². The van der Waals surface area contributed by atoms with Gasteiger partial charge in [0, 0.05) is 5.56 Å². The van der Waals surface area contributed by atoms with E-state index in [4.69, 9.17) is 0 Å². The molecule has 0 spiro atoms. The Kier molecular flexibility index (Phi) is 6.15. The summed E-state index contributed by atoms with van der Waals surface area (Å²) in [7, 11) is -3.34. The molecule has 0 aliphatic carbocycles. The lowest BCUT2D eigenvalue weighted by atomic mass is 9.94. The summed E-state index contributed by atoms with van der Waals surface area (Å²) < 4.78 is 23.7. The molecule has 2 aromatic rings. The van der Waals surface area contributed by atoms with E-state index in [2.05, 4.69) is 5.32 Å². The van der Waals surface area contributed by atoms with Crippen molar-refractivity contribution in [2.24, 2.45) is 5.92 Å². The van der Waals surface area contributed by atoms with E-state index in [0.29, 0.717) is 5.56 Å². The molecule has 0 aliphatic rings. The first kappa shape index (κ1) is 19.7. The van der Waals surface area contributed by atoms with Crippen LogP contribution in [0.2, 0.25) is 0 Å². The third-order valence-electron chi connectivity index (χ3n) is 4.19. The quantitative estimate of drug-likeness (QED) is 0.775. The SMILES string of the molecule is CCS(=O)(=O)c1ccc(C(=O)NC(c2ccccc2)C(C)C(=O)O)cc1. The van der Waals surface area contributed by atoms with Gasteiger partial charge in [-0.25, -0.2) is 8.42 Å². The van der Waals surface area contributed by atoms with Gasteiger partial charge in [0.1, 0.15) is 0 Å². The molecule has 0 saturated heterocycles. The highest BCUT2D eigenvalue weighted by atomic mass is 32.2. The summed E-state index contributed by atoms with van der Waals surface area (Å²) in [6, 6.07) is 13.7. The van der Waals surface area contributed by atoms with Crippen molar-refractivity contribution in [2.45, 2.75) is 24.8 Å². The lowest BCUT2D eigenvalue weighted by molar-refractivity contribution is -0.142. The summed E-state index contributed by atoms with van der Waals surface area (Å²) in [6.07, 6.45) is 0. The molecular weight excluding hydrogens is 354 g/mol. The van der Waals surface area contributed by atoms with E-state index in [-0.39, 0.29) is 16.2 Å². The number of nitrogens with one attached hydrogen (secondary N) is 1. The maximum absolute atomic E-state index is 12.5. The van der Waals surface area contributed by atoms with Crippen molar-refractivity contribution < 1.29 is 23.1 Å². The molecule has 2 unspecified atom stereocenters. The molecule has 0 bridgehead atoms. The van der Waals surface area contributed by atoms with Crippen molar-refractivity contribution in [2.75, 3.05) is 5.75 Å². The topological polar surface area (TPSA) is 101 Å². The van der Waals surface area contributed by atoms with Crippen molar-refractivity contribution in [1.82, 2.24) is 5.32 Å². The van der Waals surface area contributed by atoms with E-state index in [9.17, 15) is 23.1 Å². The van der Waals surface area contributed by atoms with Crippen molar-refractivity contribution in [3.8, 4) is 0 Å². The summed E-state index contributed by atoms with van der Waals surface area (Å²) in [6.45, 7) is 3.07. The highest BCUT2D eigenvalue weighted by Crippen LogP contribution is 2.23. The summed E-state index contributed by atoms with van der Waals surface area (Å²) in [4.78, 5) is 24.1. The lowest BCUT2D eigenvalue weighted by Gasteiger charge is -2.23. The van der Waals surface area contributed by atoms with E-state index in [1.165, 1.54) is 31.2 Å². The third kappa shape index (κ3) is 4.49. The van der Waals surface area contributed by atoms with Gasteiger partial charge in [-0.2, -0.15) is 0 Å². The molecule has 2 N–H and O–H groups in total. The van der Waals surface area contributed by atoms with Crippen LogP contribution < -0.4 is 5.32 Å². The van der Waals surface area contributed by atoms with Crippen LogP contribution in [-0.2, 0) is 14.6 Å². The highest BCUT2D eigenvalue weighted by molar-refractivity contribution is 7.91. The highest BCUT2D eigenvalue weighted by Gasteiger charge is 2.27. The van der Waals surface area contributed by atoms with E-state index in [0.717, 1.165) is 0 Å². The predicted molar refractivity (Wildman–Crippen MR) is 97.6 cm³/mol. The molecule has 2 aromatic carbocycles.